The molecule has 1 aliphatic rings. The van der Waals surface area contributed by atoms with Crippen LogP contribution in [0.1, 0.15) is 12.0 Å². The number of nitrogens with two attached hydrogens (primary N) is 1. The maximum absolute atomic E-state index is 11.1. The Kier molecular flexibility index (Phi) is 3.20. The highest BCUT2D eigenvalue weighted by molar-refractivity contribution is 6.34. The van der Waals surface area contributed by atoms with Gasteiger partial charge < -0.3 is 20.9 Å². The summed E-state index contributed by atoms with van der Waals surface area (Å²) in [4.78, 5) is 21.7. The van der Waals surface area contributed by atoms with Gasteiger partial charge in [-0.3, -0.25) is 9.59 Å². The number of carbonyl (C=O) groups excluding carboxylic acids is 2. The number of fused-ring (bicyclic) bond motifs is 1. The molecule has 1 atom stereocenters. The standard InChI is InChI=1S/C12H14N2O4/c13-10(15)11(16)14-7-12(17)5-6-18-9-4-2-1-3-8(9)12/h1-4,17H,5-7H2,(H2,13,15)(H,14,16). The van der Waals surface area contributed by atoms with Crippen molar-refractivity contribution in [2.45, 2.75) is 12.0 Å². The van der Waals surface area contributed by atoms with Crippen molar-refractivity contribution in [3.05, 3.63) is 29.8 Å². The van der Waals surface area contributed by atoms with Crippen LogP contribution in [0.2, 0.25) is 0 Å². The molecule has 1 aromatic carbocycles. The number of hydrogen-bond acceptors (Lipinski definition) is 4. The minimum absolute atomic E-state index is 0.0743. The van der Waals surface area contributed by atoms with Crippen molar-refractivity contribution in [3.63, 3.8) is 0 Å². The molecule has 0 aliphatic carbocycles. The normalized spacial score (nSPS) is 21.6. The van der Waals surface area contributed by atoms with E-state index in [9.17, 15) is 14.7 Å². The minimum Gasteiger partial charge on any atom is -0.493 e. The van der Waals surface area contributed by atoms with Crippen LogP contribution in [0.5, 0.6) is 5.75 Å². The Balaban J connectivity index is 2.17. The van der Waals surface area contributed by atoms with Crippen molar-refractivity contribution in [3.8, 4) is 5.75 Å². The first kappa shape index (κ1) is 12.4. The molecule has 1 aliphatic heterocycles. The molecule has 4 N–H and O–H groups in total. The zero-order valence-electron chi connectivity index (χ0n) is 9.68. The number of para-hydroxylation sites is 1. The maximum Gasteiger partial charge on any atom is 0.309 e. The summed E-state index contributed by atoms with van der Waals surface area (Å²) in [5, 5.41) is 12.8. The number of carbonyl (C=O) groups is 2. The molecule has 1 unspecified atom stereocenters. The lowest BCUT2D eigenvalue weighted by atomic mass is 9.88. The molecule has 2 rings (SSSR count). The zero-order chi connectivity index (χ0) is 13.2. The average Bonchev–Trinajstić information content (AvgIpc) is 2.36. The highest BCUT2D eigenvalue weighted by Gasteiger charge is 2.36. The van der Waals surface area contributed by atoms with Crippen LogP contribution in [0.3, 0.4) is 0 Å². The van der Waals surface area contributed by atoms with Crippen LogP contribution >= 0.6 is 0 Å². The van der Waals surface area contributed by atoms with Crippen molar-refractivity contribution in [2.24, 2.45) is 5.73 Å². The average molecular weight is 250 g/mol. The molecule has 0 bridgehead atoms. The van der Waals surface area contributed by atoms with Crippen molar-refractivity contribution in [1.29, 1.82) is 0 Å². The second kappa shape index (κ2) is 4.66. The molecule has 1 aromatic rings. The van der Waals surface area contributed by atoms with Gasteiger partial charge in [-0.2, -0.15) is 0 Å². The Hall–Kier alpha value is -2.08. The lowest BCUT2D eigenvalue weighted by Crippen LogP contribution is -2.46. The van der Waals surface area contributed by atoms with Gasteiger partial charge in [0.15, 0.2) is 0 Å². The van der Waals surface area contributed by atoms with Crippen LogP contribution in [0, 0.1) is 0 Å². The van der Waals surface area contributed by atoms with E-state index in [-0.39, 0.29) is 6.54 Å². The summed E-state index contributed by atoms with van der Waals surface area (Å²) in [6.45, 7) is 0.273. The first-order valence-electron chi connectivity index (χ1n) is 5.55. The van der Waals surface area contributed by atoms with E-state index in [1.54, 1.807) is 24.3 Å². The molecular weight excluding hydrogens is 236 g/mol. The van der Waals surface area contributed by atoms with E-state index >= 15 is 0 Å². The van der Waals surface area contributed by atoms with E-state index in [0.717, 1.165) is 0 Å². The third kappa shape index (κ3) is 2.28. The number of hydrogen-bond donors (Lipinski definition) is 3. The summed E-state index contributed by atoms with van der Waals surface area (Å²) in [5.41, 5.74) is 4.19. The molecule has 0 spiro atoms. The van der Waals surface area contributed by atoms with Crippen LogP contribution in [-0.2, 0) is 15.2 Å². The Labute approximate surface area is 104 Å². The van der Waals surface area contributed by atoms with Gasteiger partial charge in [0.25, 0.3) is 0 Å². The van der Waals surface area contributed by atoms with Gasteiger partial charge in [0, 0.05) is 12.0 Å². The highest BCUT2D eigenvalue weighted by atomic mass is 16.5. The molecule has 1 heterocycles. The first-order valence-corrected chi connectivity index (χ1v) is 5.55. The summed E-state index contributed by atoms with van der Waals surface area (Å²) in [6.07, 6.45) is 0.336. The molecule has 96 valence electrons. The SMILES string of the molecule is NC(=O)C(=O)NCC1(O)CCOc2ccccc21. The molecule has 0 saturated heterocycles. The fraction of sp³-hybridized carbons (Fsp3) is 0.333. The van der Waals surface area contributed by atoms with Crippen LogP contribution in [0.25, 0.3) is 0 Å². The van der Waals surface area contributed by atoms with Gasteiger partial charge in [0.1, 0.15) is 11.4 Å². The summed E-state index contributed by atoms with van der Waals surface area (Å²) in [5.74, 6) is -1.40. The second-order valence-electron chi connectivity index (χ2n) is 4.17. The van der Waals surface area contributed by atoms with Gasteiger partial charge in [-0.15, -0.1) is 0 Å². The Morgan fingerprint density at radius 1 is 1.44 bits per heavy atom. The lowest BCUT2D eigenvalue weighted by molar-refractivity contribution is -0.138. The van der Waals surface area contributed by atoms with Gasteiger partial charge in [-0.1, -0.05) is 18.2 Å². The lowest BCUT2D eigenvalue weighted by Gasteiger charge is -2.34. The Morgan fingerprint density at radius 3 is 2.89 bits per heavy atom. The summed E-state index contributed by atoms with van der Waals surface area (Å²) in [7, 11) is 0. The highest BCUT2D eigenvalue weighted by Crippen LogP contribution is 2.36. The minimum atomic E-state index is -1.24. The van der Waals surface area contributed by atoms with E-state index in [4.69, 9.17) is 10.5 Å². The molecular formula is C12H14N2O4. The monoisotopic (exact) mass is 250 g/mol. The largest absolute Gasteiger partial charge is 0.493 e. The number of amides is 2. The van der Waals surface area contributed by atoms with Gasteiger partial charge >= 0.3 is 11.8 Å². The smallest absolute Gasteiger partial charge is 0.309 e. The molecule has 0 saturated carbocycles. The van der Waals surface area contributed by atoms with Gasteiger partial charge in [0.05, 0.1) is 13.2 Å². The van der Waals surface area contributed by atoms with Gasteiger partial charge in [-0.05, 0) is 6.07 Å². The number of aliphatic hydroxyl groups is 1. The van der Waals surface area contributed by atoms with Crippen molar-refractivity contribution in [2.75, 3.05) is 13.2 Å². The topological polar surface area (TPSA) is 102 Å². The molecule has 6 heteroatoms. The first-order chi connectivity index (χ1) is 8.53. The molecule has 0 aromatic heterocycles. The Morgan fingerprint density at radius 2 is 2.17 bits per heavy atom. The molecule has 2 amide bonds. The Bertz CT molecular complexity index is 489. The predicted octanol–water partition coefficient (Wildman–Crippen LogP) is -0.742. The van der Waals surface area contributed by atoms with Gasteiger partial charge in [-0.25, -0.2) is 0 Å². The number of ether oxygens (including phenoxy) is 1. The van der Waals surface area contributed by atoms with Gasteiger partial charge in [0.2, 0.25) is 0 Å². The second-order valence-corrected chi connectivity index (χ2v) is 4.17. The summed E-state index contributed by atoms with van der Waals surface area (Å²) < 4.78 is 5.41. The molecule has 6 nitrogen and oxygen atoms in total. The van der Waals surface area contributed by atoms with E-state index in [2.05, 4.69) is 5.32 Å². The number of rotatable bonds is 2. The number of primary amides is 1. The fourth-order valence-corrected chi connectivity index (χ4v) is 1.94. The van der Waals surface area contributed by atoms with E-state index in [0.29, 0.717) is 24.3 Å². The van der Waals surface area contributed by atoms with E-state index < -0.39 is 17.4 Å². The van der Waals surface area contributed by atoms with Crippen molar-refractivity contribution < 1.29 is 19.4 Å². The number of nitrogens with one attached hydrogen (secondary N) is 1. The summed E-state index contributed by atoms with van der Waals surface area (Å²) >= 11 is 0. The quantitative estimate of drug-likeness (QED) is 0.601. The van der Waals surface area contributed by atoms with Crippen molar-refractivity contribution in [1.82, 2.24) is 5.32 Å². The van der Waals surface area contributed by atoms with Crippen LogP contribution in [0.4, 0.5) is 0 Å². The molecule has 0 fully saturated rings. The van der Waals surface area contributed by atoms with Crippen LogP contribution in [0.15, 0.2) is 24.3 Å². The maximum atomic E-state index is 11.1. The third-order valence-corrected chi connectivity index (χ3v) is 2.93. The van der Waals surface area contributed by atoms with Crippen LogP contribution in [-0.4, -0.2) is 30.1 Å². The van der Waals surface area contributed by atoms with Crippen LogP contribution < -0.4 is 15.8 Å². The predicted molar refractivity (Wildman–Crippen MR) is 62.7 cm³/mol. The molecule has 0 radical (unpaired) electrons. The summed E-state index contributed by atoms with van der Waals surface area (Å²) in [6, 6.07) is 7.04. The molecule has 18 heavy (non-hydrogen) atoms. The third-order valence-electron chi connectivity index (χ3n) is 2.93. The van der Waals surface area contributed by atoms with E-state index in [1.807, 2.05) is 0 Å². The van der Waals surface area contributed by atoms with Crippen molar-refractivity contribution >= 4 is 11.8 Å². The van der Waals surface area contributed by atoms with E-state index in [1.165, 1.54) is 0 Å². The fourth-order valence-electron chi connectivity index (χ4n) is 1.94. The zero-order valence-corrected chi connectivity index (χ0v) is 9.68. The number of benzene rings is 1.